The van der Waals surface area contributed by atoms with E-state index in [0.29, 0.717) is 18.0 Å². The molecule has 2 aromatic rings. The predicted octanol–water partition coefficient (Wildman–Crippen LogP) is 2.96. The van der Waals surface area contributed by atoms with Crippen molar-refractivity contribution in [2.75, 3.05) is 17.7 Å². The predicted molar refractivity (Wildman–Crippen MR) is 83.0 cm³/mol. The van der Waals surface area contributed by atoms with E-state index in [-0.39, 0.29) is 16.8 Å². The van der Waals surface area contributed by atoms with Gasteiger partial charge in [0, 0.05) is 12.7 Å². The van der Waals surface area contributed by atoms with E-state index in [1.54, 1.807) is 24.3 Å². The number of thioether (sulfide) groups is 1. The second-order valence-electron chi connectivity index (χ2n) is 4.66. The van der Waals surface area contributed by atoms with E-state index >= 15 is 0 Å². The summed E-state index contributed by atoms with van der Waals surface area (Å²) < 4.78 is 43.9. The Bertz CT molecular complexity index is 701. The minimum atomic E-state index is -4.58. The standard InChI is InChI=1S/C14H15F3N4O2S/c1-3-23-10-6-4-9(5-7-10)18-11(22)8-24-13-20-19-12(21(13)2)14(15,16)17/h4-7H,3,8H2,1-2H3,(H,18,22). The molecule has 1 aromatic heterocycles. The summed E-state index contributed by atoms with van der Waals surface area (Å²) in [5, 5.41) is 9.21. The van der Waals surface area contributed by atoms with Gasteiger partial charge in [-0.3, -0.25) is 4.79 Å². The highest BCUT2D eigenvalue weighted by molar-refractivity contribution is 7.99. The van der Waals surface area contributed by atoms with Crippen LogP contribution in [0.5, 0.6) is 5.75 Å². The lowest BCUT2D eigenvalue weighted by Gasteiger charge is -2.08. The van der Waals surface area contributed by atoms with E-state index in [9.17, 15) is 18.0 Å². The van der Waals surface area contributed by atoms with Gasteiger partial charge in [-0.15, -0.1) is 10.2 Å². The molecule has 2 rings (SSSR count). The van der Waals surface area contributed by atoms with Crippen LogP contribution in [0.3, 0.4) is 0 Å². The van der Waals surface area contributed by atoms with Crippen molar-refractivity contribution >= 4 is 23.4 Å². The number of nitrogens with one attached hydrogen (secondary N) is 1. The van der Waals surface area contributed by atoms with Gasteiger partial charge in [-0.25, -0.2) is 0 Å². The first-order valence-corrected chi connectivity index (χ1v) is 7.92. The number of aromatic nitrogens is 3. The largest absolute Gasteiger partial charge is 0.494 e. The number of alkyl halides is 3. The maximum Gasteiger partial charge on any atom is 0.451 e. The molecule has 24 heavy (non-hydrogen) atoms. The van der Waals surface area contributed by atoms with Gasteiger partial charge in [0.2, 0.25) is 11.7 Å². The smallest absolute Gasteiger partial charge is 0.451 e. The molecule has 0 spiro atoms. The van der Waals surface area contributed by atoms with E-state index in [1.165, 1.54) is 7.05 Å². The van der Waals surface area contributed by atoms with Crippen molar-refractivity contribution < 1.29 is 22.7 Å². The molecule has 0 saturated heterocycles. The molecule has 0 aliphatic carbocycles. The molecule has 0 aliphatic rings. The van der Waals surface area contributed by atoms with Gasteiger partial charge in [0.25, 0.3) is 0 Å². The van der Waals surface area contributed by atoms with E-state index in [2.05, 4.69) is 15.5 Å². The van der Waals surface area contributed by atoms with Gasteiger partial charge in [-0.2, -0.15) is 13.2 Å². The Morgan fingerprint density at radius 2 is 1.96 bits per heavy atom. The van der Waals surface area contributed by atoms with Gasteiger partial charge in [0.1, 0.15) is 5.75 Å². The van der Waals surface area contributed by atoms with Gasteiger partial charge in [0.15, 0.2) is 5.16 Å². The van der Waals surface area contributed by atoms with Crippen LogP contribution in [-0.4, -0.2) is 33.0 Å². The average molecular weight is 360 g/mol. The first kappa shape index (κ1) is 18.1. The Balaban J connectivity index is 1.90. The highest BCUT2D eigenvalue weighted by Gasteiger charge is 2.37. The molecule has 0 unspecified atom stereocenters. The number of carbonyl (C=O) groups excluding carboxylic acids is 1. The van der Waals surface area contributed by atoms with Gasteiger partial charge in [0.05, 0.1) is 12.4 Å². The number of benzene rings is 1. The lowest BCUT2D eigenvalue weighted by atomic mass is 10.3. The van der Waals surface area contributed by atoms with E-state index in [1.807, 2.05) is 6.92 Å². The van der Waals surface area contributed by atoms with E-state index in [0.717, 1.165) is 16.3 Å². The molecule has 0 radical (unpaired) electrons. The minimum Gasteiger partial charge on any atom is -0.494 e. The maximum atomic E-state index is 12.6. The van der Waals surface area contributed by atoms with Crippen molar-refractivity contribution in [1.82, 2.24) is 14.8 Å². The number of halogens is 3. The Kier molecular flexibility index (Phi) is 5.71. The number of ether oxygens (including phenoxy) is 1. The van der Waals surface area contributed by atoms with Gasteiger partial charge < -0.3 is 14.6 Å². The number of rotatable bonds is 6. The van der Waals surface area contributed by atoms with Crippen LogP contribution in [0.25, 0.3) is 0 Å². The first-order valence-electron chi connectivity index (χ1n) is 6.93. The molecule has 0 aliphatic heterocycles. The van der Waals surface area contributed by atoms with Crippen LogP contribution < -0.4 is 10.1 Å². The van der Waals surface area contributed by atoms with Crippen molar-refractivity contribution in [2.24, 2.45) is 7.05 Å². The molecule has 130 valence electrons. The molecule has 0 bridgehead atoms. The lowest BCUT2D eigenvalue weighted by molar-refractivity contribution is -0.147. The van der Waals surface area contributed by atoms with Crippen molar-refractivity contribution in [2.45, 2.75) is 18.3 Å². The number of anilines is 1. The number of nitrogens with zero attached hydrogens (tertiary/aromatic N) is 3. The molecule has 0 atom stereocenters. The number of carbonyl (C=O) groups is 1. The highest BCUT2D eigenvalue weighted by Crippen LogP contribution is 2.29. The molecule has 1 aromatic carbocycles. The molecule has 1 heterocycles. The fourth-order valence-corrected chi connectivity index (χ4v) is 2.53. The van der Waals surface area contributed by atoms with Crippen LogP contribution in [0, 0.1) is 0 Å². The third-order valence-corrected chi connectivity index (χ3v) is 3.89. The summed E-state index contributed by atoms with van der Waals surface area (Å²) >= 11 is 0.875. The Morgan fingerprint density at radius 1 is 1.29 bits per heavy atom. The molecular weight excluding hydrogens is 345 g/mol. The number of amides is 1. The normalized spacial score (nSPS) is 11.4. The summed E-state index contributed by atoms with van der Waals surface area (Å²) in [7, 11) is 1.20. The second kappa shape index (κ2) is 7.56. The minimum absolute atomic E-state index is 0.0177. The molecule has 1 amide bonds. The van der Waals surface area contributed by atoms with Crippen LogP contribution in [0.1, 0.15) is 12.7 Å². The number of hydrogen-bond acceptors (Lipinski definition) is 5. The van der Waals surface area contributed by atoms with Crippen LogP contribution in [0.2, 0.25) is 0 Å². The van der Waals surface area contributed by atoms with Crippen molar-refractivity contribution in [3.8, 4) is 5.75 Å². The summed E-state index contributed by atoms with van der Waals surface area (Å²) in [6.45, 7) is 2.41. The molecule has 10 heteroatoms. The molecule has 6 nitrogen and oxygen atoms in total. The van der Waals surface area contributed by atoms with Gasteiger partial charge >= 0.3 is 6.18 Å². The maximum absolute atomic E-state index is 12.6. The zero-order valence-corrected chi connectivity index (χ0v) is 13.7. The van der Waals surface area contributed by atoms with Gasteiger partial charge in [-0.1, -0.05) is 11.8 Å². The third kappa shape index (κ3) is 4.63. The van der Waals surface area contributed by atoms with Crippen molar-refractivity contribution in [1.29, 1.82) is 0 Å². The SMILES string of the molecule is CCOc1ccc(NC(=O)CSc2nnc(C(F)(F)F)n2C)cc1. The zero-order chi connectivity index (χ0) is 17.7. The first-order chi connectivity index (χ1) is 11.3. The summed E-state index contributed by atoms with van der Waals surface area (Å²) in [6.07, 6.45) is -4.58. The average Bonchev–Trinajstić information content (AvgIpc) is 2.88. The van der Waals surface area contributed by atoms with Crippen molar-refractivity contribution in [3.63, 3.8) is 0 Å². The summed E-state index contributed by atoms with van der Waals surface area (Å²) in [6, 6.07) is 6.78. The summed E-state index contributed by atoms with van der Waals surface area (Å²) in [5.74, 6) is -0.863. The fraction of sp³-hybridized carbons (Fsp3) is 0.357. The van der Waals surface area contributed by atoms with Crippen LogP contribution >= 0.6 is 11.8 Å². The zero-order valence-electron chi connectivity index (χ0n) is 12.9. The second-order valence-corrected chi connectivity index (χ2v) is 5.60. The summed E-state index contributed by atoms with van der Waals surface area (Å²) in [4.78, 5) is 11.9. The van der Waals surface area contributed by atoms with Gasteiger partial charge in [-0.05, 0) is 31.2 Å². The van der Waals surface area contributed by atoms with Crippen molar-refractivity contribution in [3.05, 3.63) is 30.1 Å². The third-order valence-electron chi connectivity index (χ3n) is 2.87. The van der Waals surface area contributed by atoms with Crippen LogP contribution in [-0.2, 0) is 18.0 Å². The number of hydrogen-bond donors (Lipinski definition) is 1. The molecule has 0 fully saturated rings. The quantitative estimate of drug-likeness (QED) is 0.802. The topological polar surface area (TPSA) is 69.0 Å². The molecular formula is C14H15F3N4O2S. The molecule has 0 saturated carbocycles. The molecule has 1 N–H and O–H groups in total. The van der Waals surface area contributed by atoms with E-state index in [4.69, 9.17) is 4.74 Å². The Morgan fingerprint density at radius 3 is 2.50 bits per heavy atom. The van der Waals surface area contributed by atoms with Crippen LogP contribution in [0.15, 0.2) is 29.4 Å². The van der Waals surface area contributed by atoms with Crippen LogP contribution in [0.4, 0.5) is 18.9 Å². The summed E-state index contributed by atoms with van der Waals surface area (Å²) in [5.41, 5.74) is 0.568. The Labute approximate surface area is 140 Å². The lowest BCUT2D eigenvalue weighted by Crippen LogP contribution is -2.15. The Hall–Kier alpha value is -2.23. The monoisotopic (exact) mass is 360 g/mol. The van der Waals surface area contributed by atoms with E-state index < -0.39 is 12.0 Å². The fourth-order valence-electron chi connectivity index (χ4n) is 1.82. The highest BCUT2D eigenvalue weighted by atomic mass is 32.2.